The number of benzene rings is 1. The molecule has 1 heterocycles. The Morgan fingerprint density at radius 2 is 1.59 bits per heavy atom. The Labute approximate surface area is 134 Å². The van der Waals surface area contributed by atoms with Crippen molar-refractivity contribution < 1.29 is 4.79 Å². The van der Waals surface area contributed by atoms with Gasteiger partial charge in [-0.15, -0.1) is 0 Å². The van der Waals surface area contributed by atoms with Crippen LogP contribution < -0.4 is 0 Å². The molecule has 0 aromatic heterocycles. The van der Waals surface area contributed by atoms with E-state index in [1.807, 2.05) is 0 Å². The second-order valence-electron chi connectivity index (χ2n) is 7.12. The van der Waals surface area contributed by atoms with Crippen molar-refractivity contribution in [2.75, 3.05) is 26.2 Å². The van der Waals surface area contributed by atoms with Crippen LogP contribution in [0.25, 0.3) is 0 Å². The minimum atomic E-state index is 0.352. The SMILES string of the molecule is Cc1cc(C)c([C@H](C)N2CCN(C(=O)C3CC3)CC2)c(C)c1. The van der Waals surface area contributed by atoms with Crippen LogP contribution >= 0.6 is 0 Å². The molecule has 3 rings (SSSR count). The van der Waals surface area contributed by atoms with Gasteiger partial charge in [-0.2, -0.15) is 0 Å². The van der Waals surface area contributed by atoms with E-state index >= 15 is 0 Å². The Hall–Kier alpha value is -1.35. The lowest BCUT2D eigenvalue weighted by molar-refractivity contribution is -0.134. The van der Waals surface area contributed by atoms with Gasteiger partial charge in [0.05, 0.1) is 0 Å². The van der Waals surface area contributed by atoms with E-state index in [4.69, 9.17) is 0 Å². The van der Waals surface area contributed by atoms with E-state index in [0.29, 0.717) is 17.9 Å². The van der Waals surface area contributed by atoms with Crippen molar-refractivity contribution in [2.24, 2.45) is 5.92 Å². The molecule has 0 bridgehead atoms. The van der Waals surface area contributed by atoms with E-state index in [9.17, 15) is 4.79 Å². The highest BCUT2D eigenvalue weighted by Gasteiger charge is 2.35. The fourth-order valence-electron chi connectivity index (χ4n) is 3.95. The highest BCUT2D eigenvalue weighted by molar-refractivity contribution is 5.81. The fourth-order valence-corrected chi connectivity index (χ4v) is 3.95. The zero-order valence-electron chi connectivity index (χ0n) is 14.4. The highest BCUT2D eigenvalue weighted by Crippen LogP contribution is 2.32. The summed E-state index contributed by atoms with van der Waals surface area (Å²) in [5, 5.41) is 0. The summed E-state index contributed by atoms with van der Waals surface area (Å²) in [7, 11) is 0. The molecule has 1 aliphatic heterocycles. The second-order valence-corrected chi connectivity index (χ2v) is 7.12. The minimum absolute atomic E-state index is 0.352. The Kier molecular flexibility index (Phi) is 4.26. The first-order valence-electron chi connectivity index (χ1n) is 8.58. The van der Waals surface area contributed by atoms with Crippen molar-refractivity contribution in [2.45, 2.75) is 46.6 Å². The number of aryl methyl sites for hydroxylation is 3. The van der Waals surface area contributed by atoms with Gasteiger partial charge in [0.15, 0.2) is 0 Å². The van der Waals surface area contributed by atoms with Crippen molar-refractivity contribution >= 4 is 5.91 Å². The van der Waals surface area contributed by atoms with Gasteiger partial charge in [-0.05, 0) is 57.2 Å². The van der Waals surface area contributed by atoms with Crippen LogP contribution in [0, 0.1) is 26.7 Å². The molecule has 1 aromatic carbocycles. The molecule has 22 heavy (non-hydrogen) atoms. The summed E-state index contributed by atoms with van der Waals surface area (Å²) in [5.41, 5.74) is 5.58. The first-order valence-corrected chi connectivity index (χ1v) is 8.58. The number of piperazine rings is 1. The maximum atomic E-state index is 12.2. The van der Waals surface area contributed by atoms with Crippen LogP contribution in [0.4, 0.5) is 0 Å². The number of rotatable bonds is 3. The molecule has 0 N–H and O–H groups in total. The van der Waals surface area contributed by atoms with Gasteiger partial charge in [-0.25, -0.2) is 0 Å². The first kappa shape index (κ1) is 15.5. The number of hydrogen-bond donors (Lipinski definition) is 0. The molecular formula is C19H28N2O. The first-order chi connectivity index (χ1) is 10.5. The van der Waals surface area contributed by atoms with Crippen LogP contribution in [-0.4, -0.2) is 41.9 Å². The molecule has 3 heteroatoms. The van der Waals surface area contributed by atoms with Crippen molar-refractivity contribution in [1.82, 2.24) is 9.80 Å². The zero-order chi connectivity index (χ0) is 15.9. The standard InChI is InChI=1S/C19H28N2O/c1-13-11-14(2)18(15(3)12-13)16(4)20-7-9-21(10-8-20)19(22)17-5-6-17/h11-12,16-17H,5-10H2,1-4H3/t16-/m0/s1. The summed E-state index contributed by atoms with van der Waals surface area (Å²) >= 11 is 0. The van der Waals surface area contributed by atoms with E-state index in [1.54, 1.807) is 0 Å². The molecular weight excluding hydrogens is 272 g/mol. The lowest BCUT2D eigenvalue weighted by atomic mass is 9.93. The fraction of sp³-hybridized carbons (Fsp3) is 0.632. The average molecular weight is 300 g/mol. The van der Waals surface area contributed by atoms with Crippen molar-refractivity contribution in [3.8, 4) is 0 Å². The third kappa shape index (κ3) is 3.05. The van der Waals surface area contributed by atoms with E-state index in [2.05, 4.69) is 49.6 Å². The van der Waals surface area contributed by atoms with Gasteiger partial charge >= 0.3 is 0 Å². The predicted octanol–water partition coefficient (Wildman–Crippen LogP) is 3.23. The third-order valence-electron chi connectivity index (χ3n) is 5.26. The van der Waals surface area contributed by atoms with Crippen LogP contribution in [0.2, 0.25) is 0 Å². The minimum Gasteiger partial charge on any atom is -0.340 e. The third-order valence-corrected chi connectivity index (χ3v) is 5.26. The molecule has 120 valence electrons. The van der Waals surface area contributed by atoms with Crippen LogP contribution in [-0.2, 0) is 4.79 Å². The number of carbonyl (C=O) groups excluding carboxylic acids is 1. The number of carbonyl (C=O) groups is 1. The van der Waals surface area contributed by atoms with E-state index in [-0.39, 0.29) is 0 Å². The topological polar surface area (TPSA) is 23.6 Å². The maximum absolute atomic E-state index is 12.2. The molecule has 1 amide bonds. The van der Waals surface area contributed by atoms with E-state index < -0.39 is 0 Å². The van der Waals surface area contributed by atoms with Crippen molar-refractivity contribution in [1.29, 1.82) is 0 Å². The lowest BCUT2D eigenvalue weighted by Crippen LogP contribution is -2.49. The van der Waals surface area contributed by atoms with Crippen molar-refractivity contribution in [3.05, 3.63) is 34.4 Å². The van der Waals surface area contributed by atoms with Gasteiger partial charge in [0.1, 0.15) is 0 Å². The quantitative estimate of drug-likeness (QED) is 0.855. The second kappa shape index (κ2) is 6.04. The number of amides is 1. The van der Waals surface area contributed by atoms with Gasteiger partial charge in [0, 0.05) is 38.1 Å². The van der Waals surface area contributed by atoms with Gasteiger partial charge in [0.2, 0.25) is 5.91 Å². The van der Waals surface area contributed by atoms with E-state index in [0.717, 1.165) is 39.0 Å². The van der Waals surface area contributed by atoms with Crippen LogP contribution in [0.1, 0.15) is 48.1 Å². The summed E-state index contributed by atoms with van der Waals surface area (Å²) in [5.74, 6) is 0.751. The van der Waals surface area contributed by atoms with Gasteiger partial charge in [-0.1, -0.05) is 17.7 Å². The molecule has 0 spiro atoms. The number of nitrogens with zero attached hydrogens (tertiary/aromatic N) is 2. The van der Waals surface area contributed by atoms with E-state index in [1.165, 1.54) is 22.3 Å². The maximum Gasteiger partial charge on any atom is 0.225 e. The summed E-state index contributed by atoms with van der Waals surface area (Å²) in [6, 6.07) is 5.00. The Morgan fingerprint density at radius 1 is 1.05 bits per heavy atom. The Bertz CT molecular complexity index is 546. The summed E-state index contributed by atoms with van der Waals surface area (Å²) in [4.78, 5) is 16.8. The smallest absolute Gasteiger partial charge is 0.225 e. The van der Waals surface area contributed by atoms with Crippen LogP contribution in [0.3, 0.4) is 0 Å². The summed E-state index contributed by atoms with van der Waals surface area (Å²) in [6.07, 6.45) is 2.22. The van der Waals surface area contributed by atoms with Gasteiger partial charge in [0.25, 0.3) is 0 Å². The Morgan fingerprint density at radius 3 is 2.09 bits per heavy atom. The highest BCUT2D eigenvalue weighted by atomic mass is 16.2. The molecule has 2 fully saturated rings. The molecule has 1 saturated carbocycles. The molecule has 3 nitrogen and oxygen atoms in total. The molecule has 1 saturated heterocycles. The molecule has 1 atom stereocenters. The average Bonchev–Trinajstić information content (AvgIpc) is 3.30. The molecule has 1 aromatic rings. The summed E-state index contributed by atoms with van der Waals surface area (Å²) < 4.78 is 0. The van der Waals surface area contributed by atoms with Crippen LogP contribution in [0.15, 0.2) is 12.1 Å². The lowest BCUT2D eigenvalue weighted by Gasteiger charge is -2.39. The molecule has 0 radical (unpaired) electrons. The number of hydrogen-bond acceptors (Lipinski definition) is 2. The van der Waals surface area contributed by atoms with Gasteiger partial charge < -0.3 is 4.90 Å². The van der Waals surface area contributed by atoms with Crippen LogP contribution in [0.5, 0.6) is 0 Å². The summed E-state index contributed by atoms with van der Waals surface area (Å²) in [6.45, 7) is 12.7. The molecule has 2 aliphatic rings. The predicted molar refractivity (Wildman–Crippen MR) is 89.9 cm³/mol. The monoisotopic (exact) mass is 300 g/mol. The molecule has 1 aliphatic carbocycles. The van der Waals surface area contributed by atoms with Gasteiger partial charge in [-0.3, -0.25) is 9.69 Å². The normalized spacial score (nSPS) is 21.0. The van der Waals surface area contributed by atoms with Crippen molar-refractivity contribution in [3.63, 3.8) is 0 Å². The largest absolute Gasteiger partial charge is 0.340 e. The molecule has 0 unspecified atom stereocenters. The Balaban J connectivity index is 1.67. The zero-order valence-corrected chi connectivity index (χ0v) is 14.4.